The first kappa shape index (κ1) is 14.9. The third-order valence-corrected chi connectivity index (χ3v) is 5.52. The summed E-state index contributed by atoms with van der Waals surface area (Å²) in [5, 5.41) is 3.91. The lowest BCUT2D eigenvalue weighted by Crippen LogP contribution is -2.38. The summed E-state index contributed by atoms with van der Waals surface area (Å²) in [4.78, 5) is 21.8. The first-order valence-corrected chi connectivity index (χ1v) is 9.28. The van der Waals surface area contributed by atoms with Crippen LogP contribution in [-0.2, 0) is 13.1 Å². The molecule has 2 aliphatic heterocycles. The molecule has 1 fully saturated rings. The minimum absolute atomic E-state index is 0.133. The van der Waals surface area contributed by atoms with E-state index in [1.54, 1.807) is 11.3 Å². The van der Waals surface area contributed by atoms with E-state index in [4.69, 9.17) is 0 Å². The zero-order valence-corrected chi connectivity index (χ0v) is 14.0. The highest BCUT2D eigenvalue weighted by molar-refractivity contribution is 7.08. The summed E-state index contributed by atoms with van der Waals surface area (Å²) in [7, 11) is 0. The third kappa shape index (κ3) is 3.19. The molecule has 23 heavy (non-hydrogen) atoms. The number of amides is 1. The van der Waals surface area contributed by atoms with E-state index in [1.807, 2.05) is 34.1 Å². The molecule has 0 aliphatic carbocycles. The van der Waals surface area contributed by atoms with Crippen LogP contribution in [0.25, 0.3) is 0 Å². The van der Waals surface area contributed by atoms with Gasteiger partial charge in [0.25, 0.3) is 5.91 Å². The van der Waals surface area contributed by atoms with Gasteiger partial charge >= 0.3 is 0 Å². The van der Waals surface area contributed by atoms with Gasteiger partial charge < -0.3 is 14.4 Å². The maximum Gasteiger partial charge on any atom is 0.255 e. The smallest absolute Gasteiger partial charge is 0.255 e. The molecule has 0 N–H and O–H groups in total. The number of hydrogen-bond donors (Lipinski definition) is 0. The lowest BCUT2D eigenvalue weighted by atomic mass is 10.1. The molecule has 122 valence electrons. The molecule has 2 aliphatic rings. The van der Waals surface area contributed by atoms with Crippen molar-refractivity contribution >= 4 is 17.2 Å². The van der Waals surface area contributed by atoms with Gasteiger partial charge in [0.1, 0.15) is 5.82 Å². The van der Waals surface area contributed by atoms with E-state index in [0.717, 1.165) is 31.0 Å². The zero-order valence-electron chi connectivity index (χ0n) is 13.2. The Morgan fingerprint density at radius 3 is 2.96 bits per heavy atom. The lowest BCUT2D eigenvalue weighted by molar-refractivity contribution is 0.0707. The van der Waals surface area contributed by atoms with Gasteiger partial charge in [0, 0.05) is 43.3 Å². The number of aromatic nitrogens is 2. The van der Waals surface area contributed by atoms with Gasteiger partial charge in [-0.25, -0.2) is 4.98 Å². The van der Waals surface area contributed by atoms with E-state index in [2.05, 4.69) is 14.5 Å². The number of imidazole rings is 1. The van der Waals surface area contributed by atoms with Crippen LogP contribution in [0.2, 0.25) is 0 Å². The molecule has 4 heterocycles. The average Bonchev–Trinajstić information content (AvgIpc) is 3.28. The van der Waals surface area contributed by atoms with Gasteiger partial charge in [-0.3, -0.25) is 4.79 Å². The van der Waals surface area contributed by atoms with E-state index in [1.165, 1.54) is 25.9 Å². The van der Waals surface area contributed by atoms with Crippen molar-refractivity contribution in [3.63, 3.8) is 0 Å². The normalized spacial score (nSPS) is 22.1. The molecule has 0 bridgehead atoms. The molecule has 1 atom stereocenters. The Labute approximate surface area is 140 Å². The van der Waals surface area contributed by atoms with E-state index >= 15 is 0 Å². The molecule has 1 saturated heterocycles. The maximum atomic E-state index is 12.8. The van der Waals surface area contributed by atoms with Crippen molar-refractivity contribution in [2.75, 3.05) is 26.2 Å². The summed E-state index contributed by atoms with van der Waals surface area (Å²) in [5.41, 5.74) is 0.801. The Bertz CT molecular complexity index is 660. The van der Waals surface area contributed by atoms with Crippen LogP contribution in [-0.4, -0.2) is 51.4 Å². The fourth-order valence-electron chi connectivity index (χ4n) is 3.71. The average molecular weight is 330 g/mol. The standard InChI is InChI=1S/C17H22N4OS/c22-17(15-3-8-23-13-15)21-11-14(9-19-5-1-2-6-19)10-20-7-4-18-16(20)12-21/h3-4,7-8,13-14H,1-2,5-6,9-12H2/t14-/m0/s1. The summed E-state index contributed by atoms with van der Waals surface area (Å²) in [6, 6.07) is 1.92. The molecule has 6 heteroatoms. The fourth-order valence-corrected chi connectivity index (χ4v) is 4.34. The molecular weight excluding hydrogens is 308 g/mol. The fraction of sp³-hybridized carbons (Fsp3) is 0.529. The quantitative estimate of drug-likeness (QED) is 0.867. The molecule has 5 nitrogen and oxygen atoms in total. The highest BCUT2D eigenvalue weighted by Crippen LogP contribution is 2.21. The van der Waals surface area contributed by atoms with Crippen LogP contribution in [0.1, 0.15) is 29.0 Å². The van der Waals surface area contributed by atoms with Gasteiger partial charge in [0.15, 0.2) is 0 Å². The van der Waals surface area contributed by atoms with Gasteiger partial charge in [-0.05, 0) is 37.4 Å². The number of hydrogen-bond acceptors (Lipinski definition) is 4. The number of carbonyl (C=O) groups is 1. The Balaban J connectivity index is 1.55. The molecule has 2 aromatic rings. The highest BCUT2D eigenvalue weighted by Gasteiger charge is 2.28. The van der Waals surface area contributed by atoms with Gasteiger partial charge in [-0.2, -0.15) is 11.3 Å². The minimum atomic E-state index is 0.133. The van der Waals surface area contributed by atoms with Crippen molar-refractivity contribution in [2.45, 2.75) is 25.9 Å². The predicted molar refractivity (Wildman–Crippen MR) is 90.5 cm³/mol. The topological polar surface area (TPSA) is 41.4 Å². The predicted octanol–water partition coefficient (Wildman–Crippen LogP) is 2.31. The van der Waals surface area contributed by atoms with Crippen LogP contribution in [0.3, 0.4) is 0 Å². The molecule has 0 saturated carbocycles. The van der Waals surface area contributed by atoms with Gasteiger partial charge in [0.05, 0.1) is 12.1 Å². The Kier molecular flexibility index (Phi) is 4.18. The monoisotopic (exact) mass is 330 g/mol. The minimum Gasteiger partial charge on any atom is -0.333 e. The number of thiophene rings is 1. The molecular formula is C17H22N4OS. The number of likely N-dealkylation sites (tertiary alicyclic amines) is 1. The molecule has 0 unspecified atom stereocenters. The van der Waals surface area contributed by atoms with Crippen LogP contribution in [0.5, 0.6) is 0 Å². The molecule has 4 rings (SSSR count). The van der Waals surface area contributed by atoms with Crippen LogP contribution in [0.4, 0.5) is 0 Å². The number of fused-ring (bicyclic) bond motifs is 1. The largest absolute Gasteiger partial charge is 0.333 e. The van der Waals surface area contributed by atoms with Crippen LogP contribution < -0.4 is 0 Å². The number of rotatable bonds is 3. The van der Waals surface area contributed by atoms with Gasteiger partial charge in [-0.15, -0.1) is 0 Å². The van der Waals surface area contributed by atoms with Crippen LogP contribution in [0, 0.1) is 5.92 Å². The molecule has 1 amide bonds. The van der Waals surface area contributed by atoms with Crippen molar-refractivity contribution in [1.29, 1.82) is 0 Å². The summed E-state index contributed by atoms with van der Waals surface area (Å²) in [6.07, 6.45) is 6.51. The van der Waals surface area contributed by atoms with Crippen molar-refractivity contribution in [1.82, 2.24) is 19.4 Å². The van der Waals surface area contributed by atoms with E-state index in [9.17, 15) is 4.79 Å². The summed E-state index contributed by atoms with van der Waals surface area (Å²) < 4.78 is 2.22. The zero-order chi connectivity index (χ0) is 15.6. The number of nitrogens with zero attached hydrogens (tertiary/aromatic N) is 4. The van der Waals surface area contributed by atoms with Gasteiger partial charge in [-0.1, -0.05) is 0 Å². The Hall–Kier alpha value is -1.66. The number of carbonyl (C=O) groups excluding carboxylic acids is 1. The third-order valence-electron chi connectivity index (χ3n) is 4.84. The molecule has 0 aromatic carbocycles. The van der Waals surface area contributed by atoms with Crippen molar-refractivity contribution in [3.8, 4) is 0 Å². The van der Waals surface area contributed by atoms with Crippen molar-refractivity contribution in [3.05, 3.63) is 40.6 Å². The van der Waals surface area contributed by atoms with Gasteiger partial charge in [0.2, 0.25) is 0 Å². The first-order valence-electron chi connectivity index (χ1n) is 8.33. The van der Waals surface area contributed by atoms with Crippen LogP contribution >= 0.6 is 11.3 Å². The van der Waals surface area contributed by atoms with E-state index in [-0.39, 0.29) is 5.91 Å². The van der Waals surface area contributed by atoms with Crippen LogP contribution in [0.15, 0.2) is 29.2 Å². The maximum absolute atomic E-state index is 12.8. The highest BCUT2D eigenvalue weighted by atomic mass is 32.1. The van der Waals surface area contributed by atoms with Crippen molar-refractivity contribution in [2.24, 2.45) is 5.92 Å². The second-order valence-electron chi connectivity index (χ2n) is 6.57. The second-order valence-corrected chi connectivity index (χ2v) is 7.35. The molecule has 0 spiro atoms. The van der Waals surface area contributed by atoms with E-state index in [0.29, 0.717) is 12.5 Å². The summed E-state index contributed by atoms with van der Waals surface area (Å²) in [6.45, 7) is 5.86. The first-order chi connectivity index (χ1) is 11.3. The van der Waals surface area contributed by atoms with E-state index < -0.39 is 0 Å². The Morgan fingerprint density at radius 1 is 1.30 bits per heavy atom. The molecule has 0 radical (unpaired) electrons. The van der Waals surface area contributed by atoms with Crippen molar-refractivity contribution < 1.29 is 4.79 Å². The lowest BCUT2D eigenvalue weighted by Gasteiger charge is -2.27. The Morgan fingerprint density at radius 2 is 2.17 bits per heavy atom. The molecule has 2 aromatic heterocycles. The SMILES string of the molecule is O=C(c1ccsc1)N1Cc2nccn2C[C@H](CN2CCCC2)C1. The summed E-state index contributed by atoms with van der Waals surface area (Å²) in [5.74, 6) is 1.60. The summed E-state index contributed by atoms with van der Waals surface area (Å²) >= 11 is 1.57. The second kappa shape index (κ2) is 6.45.